The van der Waals surface area contributed by atoms with E-state index >= 15 is 0 Å². The number of nitrogen functional groups attached to an aromatic ring is 1. The molecule has 0 aliphatic carbocycles. The lowest BCUT2D eigenvalue weighted by atomic mass is 10.3. The number of aromatic nitrogens is 2. The van der Waals surface area contributed by atoms with Gasteiger partial charge in [0.2, 0.25) is 5.95 Å². The van der Waals surface area contributed by atoms with Crippen LogP contribution in [-0.2, 0) is 0 Å². The predicted molar refractivity (Wildman–Crippen MR) is 45.9 cm³/mol. The molecule has 0 aliphatic rings. The fraction of sp³-hybridized carbons (Fsp3) is 0.429. The third kappa shape index (κ3) is 1.92. The number of hydrogen-bond donors (Lipinski definition) is 2. The smallest absolute Gasteiger partial charge is 0.383 e. The average molecular weight is 240 g/mol. The van der Waals surface area contributed by atoms with E-state index in [1.165, 1.54) is 0 Å². The molecule has 9 heteroatoms. The Balaban J connectivity index is 3.28. The fourth-order valence-corrected chi connectivity index (χ4v) is 1.08. The summed E-state index contributed by atoms with van der Waals surface area (Å²) in [6, 6.07) is -2.14. The number of anilines is 1. The molecule has 0 spiro atoms. The van der Waals surface area contributed by atoms with E-state index in [9.17, 15) is 22.4 Å². The number of halogens is 4. The van der Waals surface area contributed by atoms with Gasteiger partial charge in [0.05, 0.1) is 0 Å². The van der Waals surface area contributed by atoms with Gasteiger partial charge >= 0.3 is 6.18 Å². The molecule has 1 aromatic rings. The minimum atomic E-state index is -4.65. The first-order valence-corrected chi connectivity index (χ1v) is 4.06. The monoisotopic (exact) mass is 240 g/mol. The maximum atomic E-state index is 13.0. The van der Waals surface area contributed by atoms with Crippen molar-refractivity contribution in [1.29, 1.82) is 0 Å². The molecule has 16 heavy (non-hydrogen) atoms. The van der Waals surface area contributed by atoms with E-state index in [0.29, 0.717) is 0 Å². The molecule has 1 amide bonds. The zero-order chi connectivity index (χ0) is 12.7. The topological polar surface area (TPSA) is 86.9 Å². The molecule has 0 radical (unpaired) electrons. The second kappa shape index (κ2) is 3.65. The van der Waals surface area contributed by atoms with Gasteiger partial charge in [-0.3, -0.25) is 4.79 Å². The van der Waals surface area contributed by atoms with Crippen molar-refractivity contribution in [3.05, 3.63) is 11.5 Å². The Bertz CT molecular complexity index is 425. The molecule has 5 nitrogen and oxygen atoms in total. The van der Waals surface area contributed by atoms with Crippen molar-refractivity contribution in [3.8, 4) is 0 Å². The van der Waals surface area contributed by atoms with Gasteiger partial charge in [0.1, 0.15) is 17.4 Å². The molecule has 0 saturated carbocycles. The summed E-state index contributed by atoms with van der Waals surface area (Å²) in [4.78, 5) is 10.7. The van der Waals surface area contributed by atoms with Gasteiger partial charge in [0.15, 0.2) is 0 Å². The molecular weight excluding hydrogens is 232 g/mol. The van der Waals surface area contributed by atoms with E-state index in [1.807, 2.05) is 0 Å². The zero-order valence-electron chi connectivity index (χ0n) is 8.05. The van der Waals surface area contributed by atoms with Crippen LogP contribution in [0.5, 0.6) is 0 Å². The van der Waals surface area contributed by atoms with Crippen LogP contribution in [0.2, 0.25) is 0 Å². The summed E-state index contributed by atoms with van der Waals surface area (Å²) in [7, 11) is 0. The second-order valence-electron chi connectivity index (χ2n) is 3.08. The Morgan fingerprint density at radius 2 is 2.00 bits per heavy atom. The highest BCUT2D eigenvalue weighted by Crippen LogP contribution is 2.32. The lowest BCUT2D eigenvalue weighted by Gasteiger charge is -2.16. The molecule has 0 saturated heterocycles. The number of amides is 1. The summed E-state index contributed by atoms with van der Waals surface area (Å²) in [6.07, 6.45) is -4.65. The highest BCUT2D eigenvalue weighted by atomic mass is 19.4. The van der Waals surface area contributed by atoms with Crippen LogP contribution >= 0.6 is 0 Å². The van der Waals surface area contributed by atoms with Crippen LogP contribution in [0.1, 0.15) is 23.3 Å². The summed E-state index contributed by atoms with van der Waals surface area (Å²) in [5.74, 6) is -3.42. The summed E-state index contributed by atoms with van der Waals surface area (Å²) in [6.45, 7) is 0.730. The summed E-state index contributed by atoms with van der Waals surface area (Å²) >= 11 is 0. The molecule has 4 N–H and O–H groups in total. The molecule has 1 aromatic heterocycles. The fourth-order valence-electron chi connectivity index (χ4n) is 1.08. The first kappa shape index (κ1) is 12.3. The number of nitrogens with two attached hydrogens (primary N) is 2. The Morgan fingerprint density at radius 1 is 1.50 bits per heavy atom. The van der Waals surface area contributed by atoms with Crippen LogP contribution in [-0.4, -0.2) is 21.9 Å². The molecule has 0 fully saturated rings. The third-order valence-corrected chi connectivity index (χ3v) is 1.99. The molecule has 0 aliphatic heterocycles. The highest BCUT2D eigenvalue weighted by molar-refractivity contribution is 5.97. The van der Waals surface area contributed by atoms with Crippen molar-refractivity contribution in [1.82, 2.24) is 9.78 Å². The summed E-state index contributed by atoms with van der Waals surface area (Å²) < 4.78 is 50.1. The van der Waals surface area contributed by atoms with Crippen molar-refractivity contribution in [3.63, 3.8) is 0 Å². The maximum absolute atomic E-state index is 13.0. The summed E-state index contributed by atoms with van der Waals surface area (Å²) in [5, 5.41) is 2.90. The van der Waals surface area contributed by atoms with Crippen LogP contribution in [0.25, 0.3) is 0 Å². The number of primary amides is 1. The Hall–Kier alpha value is -1.80. The van der Waals surface area contributed by atoms with Crippen molar-refractivity contribution in [2.24, 2.45) is 5.73 Å². The molecule has 1 rings (SSSR count). The minimum Gasteiger partial charge on any atom is -0.383 e. The number of carbonyl (C=O) groups excluding carboxylic acids is 1. The SMILES string of the molecule is CC(n1nc(F)c(C(N)=O)c1N)C(F)(F)F. The van der Waals surface area contributed by atoms with Crippen LogP contribution in [0, 0.1) is 5.95 Å². The molecule has 0 bridgehead atoms. The molecule has 1 atom stereocenters. The van der Waals surface area contributed by atoms with Gasteiger partial charge in [0, 0.05) is 0 Å². The summed E-state index contributed by atoms with van der Waals surface area (Å²) in [5.41, 5.74) is 9.07. The standard InChI is InChI=1S/C7H8F4N4O/c1-2(7(9,10)11)15-5(12)3(6(13)16)4(8)14-15/h2H,12H2,1H3,(H2,13,16). The van der Waals surface area contributed by atoms with Gasteiger partial charge < -0.3 is 11.5 Å². The number of rotatable bonds is 2. The number of alkyl halides is 3. The quantitative estimate of drug-likeness (QED) is 0.750. The minimum absolute atomic E-state index is 0.176. The Morgan fingerprint density at radius 3 is 2.31 bits per heavy atom. The molecule has 90 valence electrons. The van der Waals surface area contributed by atoms with Gasteiger partial charge in [-0.15, -0.1) is 5.10 Å². The maximum Gasteiger partial charge on any atom is 0.410 e. The molecule has 1 heterocycles. The highest BCUT2D eigenvalue weighted by Gasteiger charge is 2.40. The average Bonchev–Trinajstić information content (AvgIpc) is 2.38. The van der Waals surface area contributed by atoms with Crippen LogP contribution in [0.3, 0.4) is 0 Å². The largest absolute Gasteiger partial charge is 0.410 e. The third-order valence-electron chi connectivity index (χ3n) is 1.99. The van der Waals surface area contributed by atoms with Gasteiger partial charge in [-0.2, -0.15) is 17.6 Å². The van der Waals surface area contributed by atoms with E-state index in [0.717, 1.165) is 6.92 Å². The Labute approximate surface area is 87.0 Å². The Kier molecular flexibility index (Phi) is 2.80. The molecule has 0 aromatic carbocycles. The van der Waals surface area contributed by atoms with E-state index in [2.05, 4.69) is 5.10 Å². The van der Waals surface area contributed by atoms with Gasteiger partial charge in [0.25, 0.3) is 5.91 Å². The van der Waals surface area contributed by atoms with Crippen molar-refractivity contribution in [2.45, 2.75) is 19.1 Å². The predicted octanol–water partition coefficient (Wildman–Crippen LogP) is 0.827. The normalized spacial score (nSPS) is 13.8. The molecular formula is C7H8F4N4O. The van der Waals surface area contributed by atoms with Crippen LogP contribution in [0.15, 0.2) is 0 Å². The van der Waals surface area contributed by atoms with Gasteiger partial charge in [-0.25, -0.2) is 4.68 Å². The number of nitrogens with zero attached hydrogens (tertiary/aromatic N) is 2. The number of hydrogen-bond acceptors (Lipinski definition) is 3. The van der Waals surface area contributed by atoms with Crippen molar-refractivity contribution >= 4 is 11.7 Å². The molecule has 1 unspecified atom stereocenters. The number of carbonyl (C=O) groups is 1. The van der Waals surface area contributed by atoms with Crippen LogP contribution < -0.4 is 11.5 Å². The van der Waals surface area contributed by atoms with Crippen LogP contribution in [0.4, 0.5) is 23.4 Å². The lowest BCUT2D eigenvalue weighted by molar-refractivity contribution is -0.165. The van der Waals surface area contributed by atoms with Crippen molar-refractivity contribution < 1.29 is 22.4 Å². The van der Waals surface area contributed by atoms with Gasteiger partial charge in [-0.05, 0) is 6.92 Å². The van der Waals surface area contributed by atoms with E-state index in [-0.39, 0.29) is 4.68 Å². The van der Waals surface area contributed by atoms with Crippen molar-refractivity contribution in [2.75, 3.05) is 5.73 Å². The first-order valence-electron chi connectivity index (χ1n) is 4.06. The van der Waals surface area contributed by atoms with E-state index < -0.39 is 35.5 Å². The van der Waals surface area contributed by atoms with Gasteiger partial charge in [-0.1, -0.05) is 0 Å². The first-order chi connectivity index (χ1) is 7.16. The van der Waals surface area contributed by atoms with E-state index in [4.69, 9.17) is 11.5 Å². The van der Waals surface area contributed by atoms with E-state index in [1.54, 1.807) is 0 Å². The second-order valence-corrected chi connectivity index (χ2v) is 3.08. The zero-order valence-corrected chi connectivity index (χ0v) is 8.05. The lowest BCUT2D eigenvalue weighted by Crippen LogP contribution is -2.26.